The van der Waals surface area contributed by atoms with Gasteiger partial charge >= 0.3 is 59.9 Å². The van der Waals surface area contributed by atoms with Crippen LogP contribution in [0.4, 0.5) is 0 Å². The average Bonchev–Trinajstić information content (AvgIpc) is 1.85. The average molecular weight is 230 g/mol. The first kappa shape index (κ1) is 16.7. The second-order valence-corrected chi connectivity index (χ2v) is 5.75. The molecule has 0 radical (unpaired) electrons. The van der Waals surface area contributed by atoms with E-state index in [4.69, 9.17) is 8.85 Å². The summed E-state index contributed by atoms with van der Waals surface area (Å²) < 4.78 is 10.6. The summed E-state index contributed by atoms with van der Waals surface area (Å²) in [6.45, 7) is 6.33. The molecule has 0 heterocycles. The van der Waals surface area contributed by atoms with Crippen LogP contribution >= 0.6 is 0 Å². The maximum atomic E-state index is 10.3. The van der Waals surface area contributed by atoms with Crippen molar-refractivity contribution in [3.05, 3.63) is 0 Å². The number of rotatable bonds is 6. The Morgan fingerprint density at radius 3 is 1.92 bits per heavy atom. The Kier molecular flexibility index (Phi) is 11.0. The van der Waals surface area contributed by atoms with E-state index in [0.29, 0.717) is 13.2 Å². The van der Waals surface area contributed by atoms with Gasteiger partial charge in [-0.3, -0.25) is 0 Å². The van der Waals surface area contributed by atoms with E-state index in [0.717, 1.165) is 0 Å². The van der Waals surface area contributed by atoms with E-state index >= 15 is 0 Å². The van der Waals surface area contributed by atoms with E-state index in [1.54, 1.807) is 6.55 Å². The third kappa shape index (κ3) is 8.25. The number of carboxylic acid groups (broad SMARTS) is 1. The number of carbonyl (C=O) groups excluding carboxylic acids is 1. The maximum Gasteiger partial charge on any atom is 1.00 e. The monoisotopic (exact) mass is 230 g/mol. The molecule has 6 heteroatoms. The summed E-state index contributed by atoms with van der Waals surface area (Å²) in [5, 5.41) is 10.3. The van der Waals surface area contributed by atoms with Crippen LogP contribution in [0.25, 0.3) is 0 Å². The Labute approximate surface area is 123 Å². The summed E-state index contributed by atoms with van der Waals surface area (Å²) >= 11 is 0. The van der Waals surface area contributed by atoms with Gasteiger partial charge in [-0.05, 0) is 20.4 Å². The first-order chi connectivity index (χ1) is 5.54. The molecule has 0 aromatic carbocycles. The summed E-state index contributed by atoms with van der Waals surface area (Å²) in [6.07, 6.45) is 0. The smallest absolute Gasteiger partial charge is 0.550 e. The summed E-state index contributed by atoms with van der Waals surface area (Å²) in [4.78, 5) is 10.3. The fourth-order valence-electron chi connectivity index (χ4n) is 1.02. The normalized spacial score (nSPS) is 10.7. The van der Waals surface area contributed by atoms with Crippen LogP contribution in [0.15, 0.2) is 0 Å². The third-order valence-electron chi connectivity index (χ3n) is 1.36. The molecule has 0 rings (SSSR count). The van der Waals surface area contributed by atoms with Crippen molar-refractivity contribution in [2.45, 2.75) is 26.4 Å². The van der Waals surface area contributed by atoms with Gasteiger partial charge in [0, 0.05) is 25.2 Å². The van der Waals surface area contributed by atoms with Crippen LogP contribution < -0.4 is 56.5 Å². The quantitative estimate of drug-likeness (QED) is 0.453. The summed E-state index contributed by atoms with van der Waals surface area (Å²) in [5.74, 6) is -1.11. The minimum Gasteiger partial charge on any atom is -0.550 e. The number of carbonyl (C=O) groups is 1. The van der Waals surface area contributed by atoms with Crippen LogP contribution in [-0.4, -0.2) is 27.7 Å². The molecule has 0 amide bonds. The van der Waals surface area contributed by atoms with E-state index < -0.39 is 14.5 Å². The van der Waals surface area contributed by atoms with Crippen molar-refractivity contribution >= 4 is 14.5 Å². The van der Waals surface area contributed by atoms with Gasteiger partial charge in [-0.15, -0.1) is 0 Å². The van der Waals surface area contributed by atoms with Crippen LogP contribution in [0.3, 0.4) is 0 Å². The van der Waals surface area contributed by atoms with E-state index in [9.17, 15) is 9.90 Å². The Morgan fingerprint density at radius 2 is 1.69 bits per heavy atom. The van der Waals surface area contributed by atoms with E-state index in [1.165, 1.54) is 0 Å². The molecule has 0 saturated carbocycles. The molecule has 0 saturated heterocycles. The third-order valence-corrected chi connectivity index (χ3v) is 4.09. The number of hydrogen-bond donors (Lipinski definition) is 0. The molecule has 0 unspecified atom stereocenters. The molecular weight excluding hydrogens is 215 g/mol. The van der Waals surface area contributed by atoms with Gasteiger partial charge in [0.1, 0.15) is 0 Å². The molecule has 0 N–H and O–H groups in total. The minimum atomic E-state index is -2.47. The van der Waals surface area contributed by atoms with E-state index in [2.05, 4.69) is 0 Å². The van der Waals surface area contributed by atoms with Gasteiger partial charge in [-0.2, -0.15) is 0 Å². The van der Waals surface area contributed by atoms with Crippen molar-refractivity contribution in [3.63, 3.8) is 0 Å². The van der Waals surface area contributed by atoms with Gasteiger partial charge in [0.25, 0.3) is 0 Å². The van der Waals surface area contributed by atoms with Gasteiger partial charge in [0.15, 0.2) is 0 Å². The van der Waals surface area contributed by atoms with Gasteiger partial charge in [0.2, 0.25) is 0 Å². The van der Waals surface area contributed by atoms with Crippen molar-refractivity contribution in [1.82, 2.24) is 0 Å². The van der Waals surface area contributed by atoms with Gasteiger partial charge < -0.3 is 18.8 Å². The fraction of sp³-hybridized carbons (Fsp3) is 0.857. The number of hydrogen-bond acceptors (Lipinski definition) is 4. The van der Waals surface area contributed by atoms with Crippen LogP contribution in [-0.2, 0) is 13.6 Å². The Bertz CT molecular complexity index is 147. The molecule has 0 atom stereocenters. The molecule has 0 bridgehead atoms. The fourth-order valence-corrected chi connectivity index (χ4v) is 3.05. The molecule has 0 fully saturated rings. The predicted octanol–water partition coefficient (Wildman–Crippen LogP) is -3.11. The number of aliphatic carboxylic acids is 1. The van der Waals surface area contributed by atoms with Gasteiger partial charge in [0.05, 0.1) is 0 Å². The molecular formula is C7H15KO4Si. The van der Waals surface area contributed by atoms with Crippen molar-refractivity contribution in [2.24, 2.45) is 0 Å². The van der Waals surface area contributed by atoms with Crippen LogP contribution in [0.5, 0.6) is 0 Å². The van der Waals surface area contributed by atoms with Crippen LogP contribution in [0.1, 0.15) is 13.8 Å². The SMILES string of the molecule is CCO[Si](C)(CC(=O)[O-])OCC.[K+]. The Balaban J connectivity index is 0. The van der Waals surface area contributed by atoms with Gasteiger partial charge in [-0.25, -0.2) is 0 Å². The zero-order valence-electron chi connectivity index (χ0n) is 8.75. The zero-order chi connectivity index (χ0) is 9.61. The molecule has 0 aromatic heterocycles. The first-order valence-corrected chi connectivity index (χ1v) is 6.54. The summed E-state index contributed by atoms with van der Waals surface area (Å²) in [5.41, 5.74) is 0. The summed E-state index contributed by atoms with van der Waals surface area (Å²) in [7, 11) is -2.47. The topological polar surface area (TPSA) is 58.6 Å². The molecule has 0 aromatic rings. The van der Waals surface area contributed by atoms with Crippen molar-refractivity contribution < 1.29 is 70.1 Å². The van der Waals surface area contributed by atoms with Gasteiger partial charge in [-0.1, -0.05) is 0 Å². The first-order valence-electron chi connectivity index (χ1n) is 4.02. The summed E-state index contributed by atoms with van der Waals surface area (Å²) in [6, 6.07) is -0.103. The van der Waals surface area contributed by atoms with Crippen LogP contribution in [0.2, 0.25) is 12.6 Å². The molecule has 4 nitrogen and oxygen atoms in total. The molecule has 0 spiro atoms. The molecule has 13 heavy (non-hydrogen) atoms. The van der Waals surface area contributed by atoms with Crippen molar-refractivity contribution in [3.8, 4) is 0 Å². The number of carboxylic acids is 1. The zero-order valence-corrected chi connectivity index (χ0v) is 12.9. The second-order valence-electron chi connectivity index (χ2n) is 2.55. The standard InChI is InChI=1S/C7H16O4Si.K/c1-4-10-12(3,11-5-2)6-7(8)9;/h4-6H2,1-3H3,(H,8,9);/q;+1/p-1. The largest absolute Gasteiger partial charge is 1.00 e. The Hall–Kier alpha value is 1.24. The molecule has 0 aliphatic heterocycles. The minimum absolute atomic E-state index is 0. The molecule has 0 aliphatic carbocycles. The molecule has 0 aliphatic rings. The Morgan fingerprint density at radius 1 is 1.31 bits per heavy atom. The van der Waals surface area contributed by atoms with E-state index in [-0.39, 0.29) is 57.4 Å². The van der Waals surface area contributed by atoms with E-state index in [1.807, 2.05) is 13.8 Å². The van der Waals surface area contributed by atoms with Crippen molar-refractivity contribution in [1.29, 1.82) is 0 Å². The maximum absolute atomic E-state index is 10.3. The predicted molar refractivity (Wildman–Crippen MR) is 44.7 cm³/mol. The molecule has 72 valence electrons. The van der Waals surface area contributed by atoms with Crippen molar-refractivity contribution in [2.75, 3.05) is 13.2 Å². The second kappa shape index (κ2) is 8.54. The van der Waals surface area contributed by atoms with Crippen LogP contribution in [0, 0.1) is 0 Å².